The summed E-state index contributed by atoms with van der Waals surface area (Å²) in [7, 11) is 0. The first-order valence-corrected chi connectivity index (χ1v) is 7.07. The van der Waals surface area contributed by atoms with Crippen LogP contribution in [0.2, 0.25) is 0 Å². The van der Waals surface area contributed by atoms with E-state index in [1.807, 2.05) is 24.3 Å². The molecule has 0 spiro atoms. The maximum atomic E-state index is 11.6. The molecule has 1 aromatic carbocycles. The number of nitrogens with zero attached hydrogens (tertiary/aromatic N) is 3. The first-order valence-electron chi connectivity index (χ1n) is 7.07. The summed E-state index contributed by atoms with van der Waals surface area (Å²) >= 11 is 0. The number of allylic oxidation sites excluding steroid dienone is 4. The summed E-state index contributed by atoms with van der Waals surface area (Å²) in [5.41, 5.74) is 4.05. The van der Waals surface area contributed by atoms with Crippen molar-refractivity contribution >= 4 is 22.5 Å². The van der Waals surface area contributed by atoms with Crippen molar-refractivity contribution in [1.29, 1.82) is 0 Å². The van der Waals surface area contributed by atoms with Gasteiger partial charge in [-0.25, -0.2) is 0 Å². The molecule has 0 aliphatic heterocycles. The first-order chi connectivity index (χ1) is 9.79. The number of hydrogen-bond acceptors (Lipinski definition) is 3. The molecule has 0 saturated heterocycles. The molecule has 0 bridgehead atoms. The second-order valence-corrected chi connectivity index (χ2v) is 5.50. The van der Waals surface area contributed by atoms with Crippen LogP contribution in [0, 0.1) is 5.92 Å². The monoisotopic (exact) mass is 265 g/mol. The van der Waals surface area contributed by atoms with Crippen molar-refractivity contribution in [3.05, 3.63) is 42.0 Å². The number of rotatable bonds is 1. The van der Waals surface area contributed by atoms with Crippen molar-refractivity contribution in [2.45, 2.75) is 25.7 Å². The van der Waals surface area contributed by atoms with Crippen LogP contribution >= 0.6 is 0 Å². The fraction of sp³-hybridized carbons (Fsp3) is 0.312. The highest BCUT2D eigenvalue weighted by molar-refractivity contribution is 5.92. The molecule has 0 amide bonds. The highest BCUT2D eigenvalue weighted by atomic mass is 16.1. The molecular formula is C16H15N3O. The summed E-state index contributed by atoms with van der Waals surface area (Å²) in [4.78, 5) is 13.3. The molecule has 2 aliphatic carbocycles. The Kier molecular flexibility index (Phi) is 2.55. The fourth-order valence-electron chi connectivity index (χ4n) is 3.06. The summed E-state index contributed by atoms with van der Waals surface area (Å²) in [5, 5.41) is 9.04. The standard InChI is InChI=1S/C16H15N3O/c20-14-8-6-11-5-7-13(9-12(11)10-14)19-17-15-3-1-2-4-16(15)18-19/h1-4,9-11H,5-8H2. The van der Waals surface area contributed by atoms with Crippen molar-refractivity contribution in [2.75, 3.05) is 0 Å². The van der Waals surface area contributed by atoms with Gasteiger partial charge in [0.1, 0.15) is 11.0 Å². The predicted octanol–water partition coefficient (Wildman–Crippen LogP) is 2.97. The Morgan fingerprint density at radius 3 is 2.45 bits per heavy atom. The van der Waals surface area contributed by atoms with Gasteiger partial charge in [0.2, 0.25) is 0 Å². The normalized spacial score (nSPS) is 22.4. The molecule has 4 nitrogen and oxygen atoms in total. The molecule has 100 valence electrons. The molecule has 1 unspecified atom stereocenters. The summed E-state index contributed by atoms with van der Waals surface area (Å²) in [6.07, 6.45) is 7.64. The summed E-state index contributed by atoms with van der Waals surface area (Å²) in [6, 6.07) is 7.87. The molecule has 0 radical (unpaired) electrons. The Morgan fingerprint density at radius 2 is 1.70 bits per heavy atom. The second kappa shape index (κ2) is 4.40. The third-order valence-electron chi connectivity index (χ3n) is 4.16. The van der Waals surface area contributed by atoms with Gasteiger partial charge in [0.25, 0.3) is 0 Å². The lowest BCUT2D eigenvalue weighted by Gasteiger charge is -2.26. The van der Waals surface area contributed by atoms with Crippen LogP contribution in [-0.4, -0.2) is 20.8 Å². The Morgan fingerprint density at radius 1 is 1.00 bits per heavy atom. The first kappa shape index (κ1) is 11.6. The van der Waals surface area contributed by atoms with Gasteiger partial charge in [-0.15, -0.1) is 10.2 Å². The van der Waals surface area contributed by atoms with Crippen molar-refractivity contribution in [1.82, 2.24) is 15.0 Å². The predicted molar refractivity (Wildman–Crippen MR) is 76.8 cm³/mol. The van der Waals surface area contributed by atoms with Gasteiger partial charge in [0.05, 0.1) is 5.70 Å². The maximum Gasteiger partial charge on any atom is 0.155 e. The lowest BCUT2D eigenvalue weighted by Crippen LogP contribution is -2.18. The number of carbonyl (C=O) groups is 1. The number of carbonyl (C=O) groups excluding carboxylic acids is 1. The minimum absolute atomic E-state index is 0.243. The Bertz CT molecular complexity index is 721. The van der Waals surface area contributed by atoms with Crippen LogP contribution in [0.25, 0.3) is 16.7 Å². The van der Waals surface area contributed by atoms with E-state index in [4.69, 9.17) is 0 Å². The Balaban J connectivity index is 1.76. The van der Waals surface area contributed by atoms with Gasteiger partial charge in [-0.05, 0) is 55.0 Å². The molecule has 4 heteroatoms. The lowest BCUT2D eigenvalue weighted by molar-refractivity contribution is -0.115. The molecule has 1 heterocycles. The molecule has 4 rings (SSSR count). The van der Waals surface area contributed by atoms with Crippen LogP contribution < -0.4 is 0 Å². The van der Waals surface area contributed by atoms with Crippen LogP contribution in [0.1, 0.15) is 25.7 Å². The summed E-state index contributed by atoms with van der Waals surface area (Å²) in [6.45, 7) is 0. The van der Waals surface area contributed by atoms with Gasteiger partial charge < -0.3 is 0 Å². The van der Waals surface area contributed by atoms with Gasteiger partial charge in [-0.3, -0.25) is 4.79 Å². The lowest BCUT2D eigenvalue weighted by atomic mass is 9.80. The van der Waals surface area contributed by atoms with Crippen LogP contribution in [0.4, 0.5) is 0 Å². The minimum atomic E-state index is 0.243. The number of aromatic nitrogens is 3. The molecule has 1 aromatic heterocycles. The van der Waals surface area contributed by atoms with E-state index in [9.17, 15) is 4.79 Å². The quantitative estimate of drug-likeness (QED) is 0.796. The number of fused-ring (bicyclic) bond motifs is 2. The van der Waals surface area contributed by atoms with Gasteiger partial charge >= 0.3 is 0 Å². The number of hydrogen-bond donors (Lipinski definition) is 0. The minimum Gasteiger partial charge on any atom is -0.295 e. The molecular weight excluding hydrogens is 250 g/mol. The third-order valence-corrected chi connectivity index (χ3v) is 4.16. The molecule has 20 heavy (non-hydrogen) atoms. The zero-order valence-electron chi connectivity index (χ0n) is 11.1. The molecule has 2 aromatic rings. The number of ketones is 1. The highest BCUT2D eigenvalue weighted by Gasteiger charge is 2.25. The average molecular weight is 265 g/mol. The van der Waals surface area contributed by atoms with E-state index in [0.29, 0.717) is 12.3 Å². The van der Waals surface area contributed by atoms with Crippen LogP contribution in [0.3, 0.4) is 0 Å². The molecule has 1 atom stereocenters. The van der Waals surface area contributed by atoms with Gasteiger partial charge in [0.15, 0.2) is 5.78 Å². The number of benzene rings is 1. The Labute approximate surface area is 116 Å². The van der Waals surface area contributed by atoms with Crippen LogP contribution in [0.5, 0.6) is 0 Å². The van der Waals surface area contributed by atoms with E-state index in [2.05, 4.69) is 16.3 Å². The van der Waals surface area contributed by atoms with Crippen LogP contribution in [-0.2, 0) is 4.79 Å². The molecule has 2 aliphatic rings. The van der Waals surface area contributed by atoms with Crippen molar-refractivity contribution in [3.63, 3.8) is 0 Å². The largest absolute Gasteiger partial charge is 0.295 e. The van der Waals surface area contributed by atoms with E-state index in [1.54, 1.807) is 10.9 Å². The summed E-state index contributed by atoms with van der Waals surface area (Å²) < 4.78 is 0. The zero-order valence-corrected chi connectivity index (χ0v) is 11.1. The van der Waals surface area contributed by atoms with Gasteiger partial charge in [0, 0.05) is 6.42 Å². The fourth-order valence-corrected chi connectivity index (χ4v) is 3.06. The Hall–Kier alpha value is -2.23. The topological polar surface area (TPSA) is 47.8 Å². The second-order valence-electron chi connectivity index (χ2n) is 5.50. The van der Waals surface area contributed by atoms with Crippen molar-refractivity contribution in [2.24, 2.45) is 5.92 Å². The smallest absolute Gasteiger partial charge is 0.155 e. The van der Waals surface area contributed by atoms with Crippen molar-refractivity contribution < 1.29 is 4.79 Å². The molecule has 0 fully saturated rings. The SMILES string of the molecule is O=C1C=C2C=C(n3nc4ccccc4n3)CCC2CC1. The molecule has 0 N–H and O–H groups in total. The van der Waals surface area contributed by atoms with E-state index in [-0.39, 0.29) is 5.78 Å². The molecule has 0 saturated carbocycles. The third kappa shape index (κ3) is 1.88. The van der Waals surface area contributed by atoms with Crippen molar-refractivity contribution in [3.8, 4) is 0 Å². The highest BCUT2D eigenvalue weighted by Crippen LogP contribution is 2.35. The van der Waals surface area contributed by atoms with Crippen LogP contribution in [0.15, 0.2) is 42.0 Å². The van der Waals surface area contributed by atoms with Gasteiger partial charge in [-0.1, -0.05) is 12.1 Å². The van der Waals surface area contributed by atoms with E-state index in [0.717, 1.165) is 41.6 Å². The van der Waals surface area contributed by atoms with E-state index in [1.165, 1.54) is 0 Å². The summed E-state index contributed by atoms with van der Waals surface area (Å²) in [5.74, 6) is 0.786. The van der Waals surface area contributed by atoms with E-state index >= 15 is 0 Å². The maximum absolute atomic E-state index is 11.6. The average Bonchev–Trinajstić information content (AvgIpc) is 2.90. The van der Waals surface area contributed by atoms with Gasteiger partial charge in [-0.2, -0.15) is 4.80 Å². The van der Waals surface area contributed by atoms with E-state index < -0.39 is 0 Å². The zero-order chi connectivity index (χ0) is 13.5.